The van der Waals surface area contributed by atoms with Gasteiger partial charge in [-0.2, -0.15) is 4.58 Å². The molecule has 0 saturated heterocycles. The Morgan fingerprint density at radius 3 is 2.16 bits per heavy atom. The second-order valence-corrected chi connectivity index (χ2v) is 17.0. The van der Waals surface area contributed by atoms with E-state index in [1.54, 1.807) is 12.0 Å². The molecule has 1 N–H and O–H groups in total. The maximum absolute atomic E-state index is 13.5. The molecule has 2 amide bonds. The number of hydrogen-bond acceptors (Lipinski definition) is 7. The standard InChI is InChI=1S/C53H60N4O6.ClH/c1-52(2)43-18-9-12-21-46(43)55(30-33-62-36-35-60-5)48(52)23-14-24-49-53(3,4)44-19-10-13-22-47(44)56(49)31-34-63-38-37-61-32-28-50(58)54-29-27-51(59)57-39-42-17-7-6-15-40(42)25-26-41-16-8-11-20-45(41)57;/h6-24H,27-39H2,1-5H3;1H. The van der Waals surface area contributed by atoms with Crippen molar-refractivity contribution in [3.8, 4) is 11.8 Å². The number of para-hydroxylation sites is 3. The van der Waals surface area contributed by atoms with Gasteiger partial charge in [-0.05, 0) is 55.3 Å². The van der Waals surface area contributed by atoms with Crippen molar-refractivity contribution in [2.45, 2.75) is 57.9 Å². The van der Waals surface area contributed by atoms with E-state index in [2.05, 4.69) is 121 Å². The molecule has 0 fully saturated rings. The smallest absolute Gasteiger partial charge is 0.229 e. The van der Waals surface area contributed by atoms with Gasteiger partial charge in [0.25, 0.3) is 0 Å². The van der Waals surface area contributed by atoms with E-state index in [1.165, 1.54) is 33.9 Å². The van der Waals surface area contributed by atoms with Gasteiger partial charge in [0.2, 0.25) is 17.5 Å². The highest BCUT2D eigenvalue weighted by Gasteiger charge is 2.44. The summed E-state index contributed by atoms with van der Waals surface area (Å²) >= 11 is 0. The number of carbonyl (C=O) groups is 2. The number of hydrogen-bond donors (Lipinski definition) is 1. The first-order valence-corrected chi connectivity index (χ1v) is 22.1. The highest BCUT2D eigenvalue weighted by Crippen LogP contribution is 2.47. The molecule has 0 atom stereocenters. The minimum absolute atomic E-state index is 0. The molecule has 3 heterocycles. The van der Waals surface area contributed by atoms with E-state index in [9.17, 15) is 9.59 Å². The molecule has 0 bridgehead atoms. The second kappa shape index (κ2) is 22.4. The Hall–Kier alpha value is -5.54. The molecule has 3 aliphatic rings. The minimum atomic E-state index is -0.204. The molecule has 0 aliphatic carbocycles. The SMILES string of the molecule is COCCOCC[N+]1=C(/C=C/C=C2/N(CCOCCOCCC(=O)NCCC(=O)N3Cc4ccccc4C#Cc4ccccc43)c3ccccc3C2(C)C)C(C)(C)c2ccccc21.[Cl-]. The number of anilines is 2. The number of carbonyl (C=O) groups excluding carboxylic acids is 2. The Morgan fingerprint density at radius 2 is 1.36 bits per heavy atom. The largest absolute Gasteiger partial charge is 1.00 e. The van der Waals surface area contributed by atoms with Gasteiger partial charge in [-0.25, -0.2) is 0 Å². The summed E-state index contributed by atoms with van der Waals surface area (Å²) in [5, 5.41) is 2.89. The van der Waals surface area contributed by atoms with Gasteiger partial charge in [-0.3, -0.25) is 9.59 Å². The molecule has 10 nitrogen and oxygen atoms in total. The number of fused-ring (bicyclic) bond motifs is 4. The van der Waals surface area contributed by atoms with Crippen LogP contribution in [0.5, 0.6) is 0 Å². The molecule has 336 valence electrons. The van der Waals surface area contributed by atoms with Gasteiger partial charge in [0.05, 0.1) is 57.3 Å². The zero-order chi connectivity index (χ0) is 44.2. The van der Waals surface area contributed by atoms with E-state index in [-0.39, 0.29) is 61.0 Å². The maximum Gasteiger partial charge on any atom is 0.229 e. The topological polar surface area (TPSA) is 92.6 Å². The van der Waals surface area contributed by atoms with Crippen molar-refractivity contribution in [2.75, 3.05) is 82.8 Å². The van der Waals surface area contributed by atoms with Crippen LogP contribution in [0.25, 0.3) is 0 Å². The number of allylic oxidation sites excluding steroid dienone is 4. The van der Waals surface area contributed by atoms with E-state index in [1.807, 2.05) is 48.5 Å². The van der Waals surface area contributed by atoms with Gasteiger partial charge in [0, 0.05) is 78.7 Å². The average molecular weight is 886 g/mol. The van der Waals surface area contributed by atoms with Crippen molar-refractivity contribution in [1.82, 2.24) is 5.32 Å². The molecule has 0 spiro atoms. The summed E-state index contributed by atoms with van der Waals surface area (Å²) in [5.74, 6) is 6.24. The zero-order valence-electron chi connectivity index (χ0n) is 37.8. The van der Waals surface area contributed by atoms with Crippen LogP contribution in [-0.2, 0) is 45.9 Å². The van der Waals surface area contributed by atoms with Crippen molar-refractivity contribution < 1.29 is 45.5 Å². The summed E-state index contributed by atoms with van der Waals surface area (Å²) in [6.07, 6.45) is 7.09. The quantitative estimate of drug-likeness (QED) is 0.0773. The normalized spacial score (nSPS) is 16.0. The summed E-state index contributed by atoms with van der Waals surface area (Å²) < 4.78 is 25.3. The van der Waals surface area contributed by atoms with Gasteiger partial charge in [0.1, 0.15) is 6.61 Å². The monoisotopic (exact) mass is 884 g/mol. The summed E-state index contributed by atoms with van der Waals surface area (Å²) in [6.45, 7) is 14.6. The van der Waals surface area contributed by atoms with Crippen LogP contribution in [0.3, 0.4) is 0 Å². The molecule has 64 heavy (non-hydrogen) atoms. The number of methoxy groups -OCH3 is 1. The van der Waals surface area contributed by atoms with Crippen molar-refractivity contribution >= 4 is 34.6 Å². The van der Waals surface area contributed by atoms with E-state index >= 15 is 0 Å². The van der Waals surface area contributed by atoms with Gasteiger partial charge >= 0.3 is 0 Å². The number of amides is 2. The molecule has 4 aromatic carbocycles. The average Bonchev–Trinajstić information content (AvgIpc) is 3.63. The second-order valence-electron chi connectivity index (χ2n) is 17.0. The van der Waals surface area contributed by atoms with Crippen LogP contribution in [0.1, 0.15) is 68.4 Å². The van der Waals surface area contributed by atoms with Crippen LogP contribution < -0.4 is 27.5 Å². The Morgan fingerprint density at radius 1 is 0.719 bits per heavy atom. The summed E-state index contributed by atoms with van der Waals surface area (Å²) in [6, 6.07) is 32.8. The van der Waals surface area contributed by atoms with Crippen LogP contribution >= 0.6 is 0 Å². The molecule has 0 aromatic heterocycles. The molecule has 0 unspecified atom stereocenters. The van der Waals surface area contributed by atoms with Crippen molar-refractivity contribution in [1.29, 1.82) is 0 Å². The number of ether oxygens (including phenoxy) is 4. The maximum atomic E-state index is 13.5. The Bertz CT molecular complexity index is 2430. The van der Waals surface area contributed by atoms with E-state index in [4.69, 9.17) is 18.9 Å². The molecule has 4 aromatic rings. The highest BCUT2D eigenvalue weighted by molar-refractivity contribution is 6.03. The number of nitrogens with one attached hydrogen (secondary N) is 1. The molecule has 0 radical (unpaired) electrons. The van der Waals surface area contributed by atoms with Crippen LogP contribution in [-0.4, -0.2) is 95.1 Å². The number of halogens is 1. The fourth-order valence-corrected chi connectivity index (χ4v) is 8.78. The van der Waals surface area contributed by atoms with Crippen molar-refractivity contribution in [2.24, 2.45) is 0 Å². The lowest BCUT2D eigenvalue weighted by Crippen LogP contribution is -3.00. The zero-order valence-corrected chi connectivity index (χ0v) is 38.6. The van der Waals surface area contributed by atoms with Crippen LogP contribution in [0.2, 0.25) is 0 Å². The van der Waals surface area contributed by atoms with Crippen LogP contribution in [0, 0.1) is 11.8 Å². The number of rotatable bonds is 20. The van der Waals surface area contributed by atoms with Crippen LogP contribution in [0.4, 0.5) is 17.1 Å². The summed E-state index contributed by atoms with van der Waals surface area (Å²) in [7, 11) is 1.69. The first kappa shape index (κ1) is 47.9. The molecule has 0 saturated carbocycles. The van der Waals surface area contributed by atoms with Crippen molar-refractivity contribution in [3.05, 3.63) is 149 Å². The third-order valence-electron chi connectivity index (χ3n) is 12.1. The Kier molecular flexibility index (Phi) is 16.8. The predicted octanol–water partition coefficient (Wildman–Crippen LogP) is 4.84. The molecule has 11 heteroatoms. The molecular weight excluding hydrogens is 824 g/mol. The third-order valence-corrected chi connectivity index (χ3v) is 12.1. The van der Waals surface area contributed by atoms with Gasteiger partial charge in [-0.1, -0.05) is 98.5 Å². The number of benzene rings is 4. The highest BCUT2D eigenvalue weighted by atomic mass is 35.5. The lowest BCUT2D eigenvalue weighted by atomic mass is 9.81. The van der Waals surface area contributed by atoms with Gasteiger partial charge in [-0.15, -0.1) is 0 Å². The van der Waals surface area contributed by atoms with E-state index < -0.39 is 0 Å². The predicted molar refractivity (Wildman–Crippen MR) is 250 cm³/mol. The summed E-state index contributed by atoms with van der Waals surface area (Å²) in [5.41, 5.74) is 10.6. The fraction of sp³-hybridized carbons (Fsp3) is 0.377. The first-order chi connectivity index (χ1) is 30.6. The third kappa shape index (κ3) is 11.0. The molecular formula is C53H61ClN4O6. The Labute approximate surface area is 385 Å². The first-order valence-electron chi connectivity index (χ1n) is 22.1. The minimum Gasteiger partial charge on any atom is -1.00 e. The van der Waals surface area contributed by atoms with E-state index in [0.29, 0.717) is 52.7 Å². The lowest BCUT2D eigenvalue weighted by molar-refractivity contribution is -0.442. The lowest BCUT2D eigenvalue weighted by Gasteiger charge is -2.27. The summed E-state index contributed by atoms with van der Waals surface area (Å²) in [4.78, 5) is 30.3. The van der Waals surface area contributed by atoms with E-state index in [0.717, 1.165) is 28.9 Å². The fourth-order valence-electron chi connectivity index (χ4n) is 8.78. The van der Waals surface area contributed by atoms with Crippen LogP contribution in [0.15, 0.2) is 121 Å². The van der Waals surface area contributed by atoms with Gasteiger partial charge in [0.15, 0.2) is 12.3 Å². The Balaban J connectivity index is 0.00000680. The molecule has 7 rings (SSSR count). The molecule has 3 aliphatic heterocycles. The van der Waals surface area contributed by atoms with Crippen molar-refractivity contribution in [3.63, 3.8) is 0 Å². The number of nitrogens with zero attached hydrogens (tertiary/aromatic N) is 3. The van der Waals surface area contributed by atoms with Gasteiger partial charge < -0.3 is 46.5 Å².